The lowest BCUT2D eigenvalue weighted by Gasteiger charge is -2.34. The van der Waals surface area contributed by atoms with Crippen molar-refractivity contribution in [3.63, 3.8) is 0 Å². The molecule has 2 aromatic carbocycles. The van der Waals surface area contributed by atoms with Gasteiger partial charge in [-0.25, -0.2) is 9.78 Å². The number of piperazine rings is 1. The van der Waals surface area contributed by atoms with Crippen molar-refractivity contribution < 1.29 is 9.53 Å². The van der Waals surface area contributed by atoms with Gasteiger partial charge in [-0.2, -0.15) is 0 Å². The highest BCUT2D eigenvalue weighted by Crippen LogP contribution is 2.29. The standard InChI is InChI=1S/C23H29N5O2/c1-23(2,26-22(29)30-16-17-8-5-4-6-9-17)21-24-18-10-7-11-19(20(18)25-21)28-14-12-27(3)13-15-28/h4-11H,12-16H2,1-3H3,(H,24,25)(H,26,29). The Bertz CT molecular complexity index is 1010. The van der Waals surface area contributed by atoms with Gasteiger partial charge < -0.3 is 24.8 Å². The van der Waals surface area contributed by atoms with Gasteiger partial charge in [0.15, 0.2) is 0 Å². The van der Waals surface area contributed by atoms with Gasteiger partial charge in [0, 0.05) is 26.2 Å². The fourth-order valence-corrected chi connectivity index (χ4v) is 3.69. The minimum absolute atomic E-state index is 0.233. The highest BCUT2D eigenvalue weighted by molar-refractivity contribution is 5.89. The van der Waals surface area contributed by atoms with Crippen molar-refractivity contribution in [2.45, 2.75) is 26.0 Å². The van der Waals surface area contributed by atoms with Crippen molar-refractivity contribution in [2.24, 2.45) is 0 Å². The normalized spacial score (nSPS) is 15.4. The first-order chi connectivity index (χ1) is 14.4. The van der Waals surface area contributed by atoms with E-state index in [1.807, 2.05) is 56.3 Å². The number of nitrogens with one attached hydrogen (secondary N) is 2. The van der Waals surface area contributed by atoms with E-state index in [4.69, 9.17) is 9.72 Å². The molecule has 1 amide bonds. The van der Waals surface area contributed by atoms with Crippen LogP contribution in [0.1, 0.15) is 25.2 Å². The number of nitrogens with zero attached hydrogens (tertiary/aromatic N) is 3. The number of hydrogen-bond acceptors (Lipinski definition) is 5. The Balaban J connectivity index is 1.49. The van der Waals surface area contributed by atoms with Gasteiger partial charge in [0.05, 0.1) is 16.7 Å². The Morgan fingerprint density at radius 2 is 1.83 bits per heavy atom. The minimum Gasteiger partial charge on any atom is -0.445 e. The van der Waals surface area contributed by atoms with E-state index < -0.39 is 11.6 Å². The number of likely N-dealkylation sites (N-methyl/N-ethyl adjacent to an activating group) is 1. The lowest BCUT2D eigenvalue weighted by molar-refractivity contribution is 0.128. The van der Waals surface area contributed by atoms with Crippen molar-refractivity contribution in [3.8, 4) is 0 Å². The highest BCUT2D eigenvalue weighted by Gasteiger charge is 2.28. The predicted molar refractivity (Wildman–Crippen MR) is 119 cm³/mol. The van der Waals surface area contributed by atoms with Crippen molar-refractivity contribution in [1.82, 2.24) is 20.2 Å². The lowest BCUT2D eigenvalue weighted by atomic mass is 10.1. The second-order valence-corrected chi connectivity index (χ2v) is 8.36. The molecule has 0 spiro atoms. The molecule has 1 aliphatic heterocycles. The molecule has 2 heterocycles. The van der Waals surface area contributed by atoms with Gasteiger partial charge in [-0.1, -0.05) is 36.4 Å². The Morgan fingerprint density at radius 3 is 2.57 bits per heavy atom. The summed E-state index contributed by atoms with van der Waals surface area (Å²) in [4.78, 5) is 25.3. The zero-order valence-electron chi connectivity index (χ0n) is 17.8. The number of aromatic nitrogens is 2. The number of anilines is 1. The molecule has 158 valence electrons. The smallest absolute Gasteiger partial charge is 0.408 e. The summed E-state index contributed by atoms with van der Waals surface area (Å²) in [6.45, 7) is 8.10. The van der Waals surface area contributed by atoms with E-state index >= 15 is 0 Å². The second-order valence-electron chi connectivity index (χ2n) is 8.36. The highest BCUT2D eigenvalue weighted by atomic mass is 16.5. The summed E-state index contributed by atoms with van der Waals surface area (Å²) in [6, 6.07) is 15.8. The number of alkyl carbamates (subject to hydrolysis) is 1. The number of hydrogen-bond donors (Lipinski definition) is 2. The largest absolute Gasteiger partial charge is 0.445 e. The fourth-order valence-electron chi connectivity index (χ4n) is 3.69. The van der Waals surface area contributed by atoms with E-state index in [2.05, 4.69) is 33.2 Å². The zero-order chi connectivity index (χ0) is 21.1. The van der Waals surface area contributed by atoms with Crippen LogP contribution in [0, 0.1) is 0 Å². The maximum Gasteiger partial charge on any atom is 0.408 e. The number of ether oxygens (including phenoxy) is 1. The SMILES string of the molecule is CN1CCN(c2cccc3[nH]c(C(C)(C)NC(=O)OCc4ccccc4)nc23)CC1. The quantitative estimate of drug-likeness (QED) is 0.677. The summed E-state index contributed by atoms with van der Waals surface area (Å²) in [5.41, 5.74) is 3.28. The third-order valence-electron chi connectivity index (χ3n) is 5.55. The molecule has 30 heavy (non-hydrogen) atoms. The molecule has 3 aromatic rings. The number of carbonyl (C=O) groups is 1. The van der Waals surface area contributed by atoms with Crippen LogP contribution >= 0.6 is 0 Å². The van der Waals surface area contributed by atoms with Gasteiger partial charge in [-0.15, -0.1) is 0 Å². The zero-order valence-corrected chi connectivity index (χ0v) is 17.8. The van der Waals surface area contributed by atoms with E-state index in [0.29, 0.717) is 5.82 Å². The molecule has 0 bridgehead atoms. The van der Waals surface area contributed by atoms with E-state index in [1.54, 1.807) is 0 Å². The van der Waals surface area contributed by atoms with Gasteiger partial charge in [-0.3, -0.25) is 0 Å². The van der Waals surface area contributed by atoms with Crippen LogP contribution < -0.4 is 10.2 Å². The molecule has 7 nitrogen and oxygen atoms in total. The van der Waals surface area contributed by atoms with Crippen LogP contribution in [0.15, 0.2) is 48.5 Å². The Morgan fingerprint density at radius 1 is 1.10 bits per heavy atom. The monoisotopic (exact) mass is 407 g/mol. The molecule has 0 saturated carbocycles. The fraction of sp³-hybridized carbons (Fsp3) is 0.391. The first-order valence-corrected chi connectivity index (χ1v) is 10.3. The molecule has 0 radical (unpaired) electrons. The van der Waals surface area contributed by atoms with Gasteiger partial charge in [0.1, 0.15) is 17.9 Å². The summed E-state index contributed by atoms with van der Waals surface area (Å²) in [7, 11) is 2.15. The molecular formula is C23H29N5O2. The third-order valence-corrected chi connectivity index (χ3v) is 5.55. The minimum atomic E-state index is -0.702. The van der Waals surface area contributed by atoms with Crippen LogP contribution in [-0.2, 0) is 16.9 Å². The number of aromatic amines is 1. The van der Waals surface area contributed by atoms with Crippen LogP contribution in [0.25, 0.3) is 11.0 Å². The Hall–Kier alpha value is -3.06. The summed E-state index contributed by atoms with van der Waals surface area (Å²) in [5.74, 6) is 0.704. The van der Waals surface area contributed by atoms with Crippen LogP contribution in [0.3, 0.4) is 0 Å². The topological polar surface area (TPSA) is 73.5 Å². The van der Waals surface area contributed by atoms with Crippen molar-refractivity contribution in [3.05, 3.63) is 59.9 Å². The van der Waals surface area contributed by atoms with Crippen LogP contribution in [0.4, 0.5) is 10.5 Å². The van der Waals surface area contributed by atoms with Crippen molar-refractivity contribution >= 4 is 22.8 Å². The molecule has 0 unspecified atom stereocenters. The number of rotatable bonds is 5. The van der Waals surface area contributed by atoms with E-state index in [9.17, 15) is 4.79 Å². The van der Waals surface area contributed by atoms with Crippen LogP contribution in [-0.4, -0.2) is 54.2 Å². The number of H-pyrrole nitrogens is 1. The number of fused-ring (bicyclic) bond motifs is 1. The average molecular weight is 408 g/mol. The molecule has 0 atom stereocenters. The van der Waals surface area contributed by atoms with Crippen molar-refractivity contribution in [1.29, 1.82) is 0 Å². The summed E-state index contributed by atoms with van der Waals surface area (Å²) >= 11 is 0. The van der Waals surface area contributed by atoms with Crippen LogP contribution in [0.5, 0.6) is 0 Å². The molecule has 1 aromatic heterocycles. The van der Waals surface area contributed by atoms with Crippen LogP contribution in [0.2, 0.25) is 0 Å². The molecule has 4 rings (SSSR count). The third kappa shape index (κ3) is 4.41. The van der Waals surface area contributed by atoms with Crippen molar-refractivity contribution in [2.75, 3.05) is 38.1 Å². The van der Waals surface area contributed by atoms with Gasteiger partial charge in [-0.05, 0) is 38.6 Å². The first-order valence-electron chi connectivity index (χ1n) is 10.3. The Kier molecular flexibility index (Phi) is 5.63. The average Bonchev–Trinajstić information content (AvgIpc) is 3.19. The van der Waals surface area contributed by atoms with Gasteiger partial charge >= 0.3 is 6.09 Å². The van der Waals surface area contributed by atoms with Gasteiger partial charge in [0.2, 0.25) is 0 Å². The summed E-state index contributed by atoms with van der Waals surface area (Å²) in [6.07, 6.45) is -0.469. The molecular weight excluding hydrogens is 378 g/mol. The number of benzene rings is 2. The molecule has 1 saturated heterocycles. The van der Waals surface area contributed by atoms with Gasteiger partial charge in [0.25, 0.3) is 0 Å². The predicted octanol–water partition coefficient (Wildman–Crippen LogP) is 3.48. The number of imidazole rings is 1. The summed E-state index contributed by atoms with van der Waals surface area (Å²) < 4.78 is 5.38. The number of carbonyl (C=O) groups excluding carboxylic acids is 1. The molecule has 2 N–H and O–H groups in total. The molecule has 1 aliphatic rings. The Labute approximate surface area is 177 Å². The van der Waals surface area contributed by atoms with E-state index in [0.717, 1.165) is 48.5 Å². The molecule has 0 aliphatic carbocycles. The molecule has 7 heteroatoms. The lowest BCUT2D eigenvalue weighted by Crippen LogP contribution is -2.44. The first kappa shape index (κ1) is 20.2. The summed E-state index contributed by atoms with van der Waals surface area (Å²) in [5, 5.41) is 2.93. The van der Waals surface area contributed by atoms with E-state index in [-0.39, 0.29) is 6.61 Å². The maximum atomic E-state index is 12.4. The number of para-hydroxylation sites is 1. The van der Waals surface area contributed by atoms with E-state index in [1.165, 1.54) is 0 Å². The number of amides is 1. The molecule has 1 fully saturated rings. The second kappa shape index (κ2) is 8.36. The maximum absolute atomic E-state index is 12.4.